The van der Waals surface area contributed by atoms with Crippen LogP contribution in [-0.4, -0.2) is 25.8 Å². The Morgan fingerprint density at radius 3 is 2.93 bits per heavy atom. The highest BCUT2D eigenvalue weighted by Gasteiger charge is 2.28. The van der Waals surface area contributed by atoms with Gasteiger partial charge in [0.05, 0.1) is 5.52 Å². The maximum Gasteiger partial charge on any atom is 0.255 e. The lowest BCUT2D eigenvalue weighted by Gasteiger charge is -2.18. The fourth-order valence-electron chi connectivity index (χ4n) is 2.75. The number of carbonyl (C=O) groups is 1. The number of thiazole rings is 1. The highest BCUT2D eigenvalue weighted by molar-refractivity contribution is 9.10. The number of anilines is 1. The molecule has 0 aliphatic heterocycles. The van der Waals surface area contributed by atoms with Crippen LogP contribution in [0.1, 0.15) is 11.6 Å². The number of nitrogens with zero attached hydrogens (tertiary/aromatic N) is 3. The average Bonchev–Trinajstić information content (AvgIpc) is 3.27. The molecule has 2 aromatic carbocycles. The number of aromatic hydroxyl groups is 1. The second-order valence-electron chi connectivity index (χ2n) is 5.74. The number of carbonyl (C=O) groups excluding carboxylic acids is 1. The van der Waals surface area contributed by atoms with E-state index in [4.69, 9.17) is 0 Å². The smallest absolute Gasteiger partial charge is 0.255 e. The maximum absolute atomic E-state index is 13.8. The van der Waals surface area contributed by atoms with Gasteiger partial charge in [0.25, 0.3) is 5.91 Å². The second-order valence-corrected chi connectivity index (χ2v) is 7.55. The second kappa shape index (κ2) is 7.09. The molecule has 0 aliphatic carbocycles. The van der Waals surface area contributed by atoms with Crippen LogP contribution in [0.3, 0.4) is 0 Å². The Balaban J connectivity index is 1.83. The van der Waals surface area contributed by atoms with Crippen molar-refractivity contribution in [2.75, 3.05) is 5.32 Å². The predicted molar refractivity (Wildman–Crippen MR) is 104 cm³/mol. The molecule has 0 saturated carbocycles. The first-order valence-electron chi connectivity index (χ1n) is 7.84. The van der Waals surface area contributed by atoms with Crippen LogP contribution in [0.4, 0.5) is 9.52 Å². The zero-order chi connectivity index (χ0) is 19.0. The van der Waals surface area contributed by atoms with E-state index >= 15 is 0 Å². The fraction of sp³-hybridized carbons (Fsp3) is 0.0556. The summed E-state index contributed by atoms with van der Waals surface area (Å²) in [7, 11) is 0. The predicted octanol–water partition coefficient (Wildman–Crippen LogP) is 4.33. The minimum Gasteiger partial charge on any atom is -0.508 e. The molecule has 27 heavy (non-hydrogen) atoms. The lowest BCUT2D eigenvalue weighted by atomic mass is 10.0. The number of fused-ring (bicyclic) bond motifs is 1. The molecule has 0 fully saturated rings. The van der Waals surface area contributed by atoms with Crippen molar-refractivity contribution in [3.05, 3.63) is 70.0 Å². The number of amides is 1. The van der Waals surface area contributed by atoms with Gasteiger partial charge in [0, 0.05) is 33.2 Å². The number of halogens is 2. The van der Waals surface area contributed by atoms with Crippen molar-refractivity contribution < 1.29 is 14.3 Å². The molecular weight excluding hydrogens is 435 g/mol. The molecule has 9 heteroatoms. The van der Waals surface area contributed by atoms with Gasteiger partial charge in [-0.2, -0.15) is 5.10 Å². The van der Waals surface area contributed by atoms with Gasteiger partial charge in [-0.25, -0.2) is 9.37 Å². The summed E-state index contributed by atoms with van der Waals surface area (Å²) in [5, 5.41) is 20.3. The number of hydrogen-bond acceptors (Lipinski definition) is 5. The van der Waals surface area contributed by atoms with Crippen LogP contribution in [0.2, 0.25) is 0 Å². The summed E-state index contributed by atoms with van der Waals surface area (Å²) in [6.45, 7) is 0. The first-order valence-corrected chi connectivity index (χ1v) is 9.52. The highest BCUT2D eigenvalue weighted by Crippen LogP contribution is 2.31. The normalized spacial score (nSPS) is 12.2. The van der Waals surface area contributed by atoms with Gasteiger partial charge in [-0.05, 0) is 30.3 Å². The molecule has 1 unspecified atom stereocenters. The zero-order valence-corrected chi connectivity index (χ0v) is 16.0. The van der Waals surface area contributed by atoms with E-state index in [2.05, 4.69) is 31.3 Å². The molecule has 0 bridgehead atoms. The molecule has 1 amide bonds. The average molecular weight is 447 g/mol. The summed E-state index contributed by atoms with van der Waals surface area (Å²) < 4.78 is 16.1. The number of phenolic OH excluding ortho intramolecular Hbond substituents is 1. The number of phenols is 1. The molecule has 0 aliphatic rings. The van der Waals surface area contributed by atoms with Crippen LogP contribution in [-0.2, 0) is 4.79 Å². The molecule has 136 valence electrons. The van der Waals surface area contributed by atoms with Crippen molar-refractivity contribution in [3.8, 4) is 5.75 Å². The van der Waals surface area contributed by atoms with E-state index < -0.39 is 17.8 Å². The minimum atomic E-state index is -1.07. The molecule has 6 nitrogen and oxygen atoms in total. The highest BCUT2D eigenvalue weighted by atomic mass is 79.9. The van der Waals surface area contributed by atoms with Gasteiger partial charge in [0.1, 0.15) is 11.6 Å². The van der Waals surface area contributed by atoms with Crippen LogP contribution in [0, 0.1) is 5.82 Å². The third-order valence-electron chi connectivity index (χ3n) is 3.95. The van der Waals surface area contributed by atoms with Crippen LogP contribution >= 0.6 is 27.3 Å². The molecule has 2 N–H and O–H groups in total. The summed E-state index contributed by atoms with van der Waals surface area (Å²) in [5.41, 5.74) is 0.767. The number of hydrogen-bond donors (Lipinski definition) is 2. The quantitative estimate of drug-likeness (QED) is 0.488. The van der Waals surface area contributed by atoms with Gasteiger partial charge < -0.3 is 5.11 Å². The first kappa shape index (κ1) is 17.6. The van der Waals surface area contributed by atoms with Crippen molar-refractivity contribution >= 4 is 49.2 Å². The van der Waals surface area contributed by atoms with Crippen LogP contribution in [0.5, 0.6) is 5.75 Å². The van der Waals surface area contributed by atoms with E-state index in [1.165, 1.54) is 22.1 Å². The van der Waals surface area contributed by atoms with Gasteiger partial charge >= 0.3 is 0 Å². The van der Waals surface area contributed by atoms with E-state index in [0.717, 1.165) is 22.0 Å². The molecule has 2 aromatic heterocycles. The summed E-state index contributed by atoms with van der Waals surface area (Å²) in [6.07, 6.45) is 3.24. The number of benzene rings is 2. The Morgan fingerprint density at radius 2 is 2.15 bits per heavy atom. The van der Waals surface area contributed by atoms with E-state index in [1.807, 2.05) is 18.2 Å². The van der Waals surface area contributed by atoms with Gasteiger partial charge in [-0.1, -0.05) is 22.0 Å². The standard InChI is InChI=1S/C18H12BrFN4O2S/c19-11-2-1-10-9-24(23-14(10)7-11)16(13-8-12(20)3-4-15(13)25)17(26)22-18-21-5-6-27-18/h1-9,16,25H,(H,21,22,26). The van der Waals surface area contributed by atoms with E-state index in [-0.39, 0.29) is 11.3 Å². The van der Waals surface area contributed by atoms with E-state index in [0.29, 0.717) is 10.6 Å². The molecular formula is C18H12BrFN4O2S. The zero-order valence-electron chi connectivity index (χ0n) is 13.6. The summed E-state index contributed by atoms with van der Waals surface area (Å²) in [4.78, 5) is 17.0. The minimum absolute atomic E-state index is 0.107. The van der Waals surface area contributed by atoms with Crippen molar-refractivity contribution in [1.29, 1.82) is 0 Å². The van der Waals surface area contributed by atoms with E-state index in [1.54, 1.807) is 17.8 Å². The molecule has 0 spiro atoms. The van der Waals surface area contributed by atoms with Crippen LogP contribution in [0.25, 0.3) is 10.9 Å². The van der Waals surface area contributed by atoms with Crippen LogP contribution in [0.15, 0.2) is 58.6 Å². The Hall–Kier alpha value is -2.78. The molecule has 4 aromatic rings. The monoisotopic (exact) mass is 446 g/mol. The van der Waals surface area contributed by atoms with Crippen molar-refractivity contribution in [3.63, 3.8) is 0 Å². The fourth-order valence-corrected chi connectivity index (χ4v) is 3.63. The molecule has 2 heterocycles. The van der Waals surface area contributed by atoms with Gasteiger partial charge in [0.15, 0.2) is 11.2 Å². The Bertz CT molecular complexity index is 1130. The van der Waals surface area contributed by atoms with Gasteiger partial charge in [-0.15, -0.1) is 11.3 Å². The first-order chi connectivity index (χ1) is 13.0. The topological polar surface area (TPSA) is 80.0 Å². The molecule has 0 saturated heterocycles. The molecule has 1 atom stereocenters. The summed E-state index contributed by atoms with van der Waals surface area (Å²) in [6, 6.07) is 7.93. The Morgan fingerprint density at radius 1 is 1.30 bits per heavy atom. The Labute approximate surface area is 165 Å². The third kappa shape index (κ3) is 3.56. The number of nitrogens with one attached hydrogen (secondary N) is 1. The lowest BCUT2D eigenvalue weighted by Crippen LogP contribution is -2.27. The number of aromatic nitrogens is 3. The van der Waals surface area contributed by atoms with Crippen LogP contribution < -0.4 is 5.32 Å². The van der Waals surface area contributed by atoms with Gasteiger partial charge in [-0.3, -0.25) is 14.8 Å². The summed E-state index contributed by atoms with van der Waals surface area (Å²) in [5.74, 6) is -1.25. The molecule has 4 rings (SSSR count). The third-order valence-corrected chi connectivity index (χ3v) is 5.13. The van der Waals surface area contributed by atoms with Crippen molar-refractivity contribution in [1.82, 2.24) is 14.8 Å². The number of rotatable bonds is 4. The van der Waals surface area contributed by atoms with Crippen molar-refractivity contribution in [2.24, 2.45) is 0 Å². The SMILES string of the molecule is O=C(Nc1nccs1)C(c1cc(F)ccc1O)n1cc2ccc(Br)cc2n1. The lowest BCUT2D eigenvalue weighted by molar-refractivity contribution is -0.118. The summed E-state index contributed by atoms with van der Waals surface area (Å²) >= 11 is 4.65. The largest absolute Gasteiger partial charge is 0.508 e. The maximum atomic E-state index is 13.8. The van der Waals surface area contributed by atoms with Gasteiger partial charge in [0.2, 0.25) is 0 Å². The van der Waals surface area contributed by atoms with Crippen molar-refractivity contribution in [2.45, 2.75) is 6.04 Å². The van der Waals surface area contributed by atoms with E-state index in [9.17, 15) is 14.3 Å². The Kier molecular flexibility index (Phi) is 4.63. The molecule has 0 radical (unpaired) electrons.